The molecule has 134 valence electrons. The molecule has 5 nitrogen and oxygen atoms in total. The molecule has 0 aliphatic carbocycles. The van der Waals surface area contributed by atoms with Gasteiger partial charge in [0.15, 0.2) is 11.5 Å². The Hall–Kier alpha value is -2.01. The highest BCUT2D eigenvalue weighted by atomic mass is 16.5. The molecule has 5 heteroatoms. The Kier molecular flexibility index (Phi) is 4.92. The first-order valence-corrected chi connectivity index (χ1v) is 9.41. The number of hydrogen-bond donors (Lipinski definition) is 0. The van der Waals surface area contributed by atoms with Crippen molar-refractivity contribution in [3.05, 3.63) is 41.7 Å². The summed E-state index contributed by atoms with van der Waals surface area (Å²) in [5.74, 6) is 1.81. The number of aryl methyl sites for hydroxylation is 2. The number of nitrogens with zero attached hydrogens (tertiary/aromatic N) is 3. The molecule has 0 radical (unpaired) electrons. The van der Waals surface area contributed by atoms with Crippen LogP contribution in [0.1, 0.15) is 42.9 Å². The normalized spacial score (nSPS) is 20.6. The van der Waals surface area contributed by atoms with Gasteiger partial charge in [-0.2, -0.15) is 5.10 Å². The molecule has 0 spiro atoms. The number of benzene rings is 1. The lowest BCUT2D eigenvalue weighted by Crippen LogP contribution is -2.24. The third-order valence-corrected chi connectivity index (χ3v) is 5.19. The molecular weight excluding hydrogens is 314 g/mol. The first kappa shape index (κ1) is 16.5. The van der Waals surface area contributed by atoms with Crippen molar-refractivity contribution in [1.82, 2.24) is 14.7 Å². The zero-order chi connectivity index (χ0) is 17.1. The molecule has 1 atom stereocenters. The second-order valence-electron chi connectivity index (χ2n) is 7.08. The van der Waals surface area contributed by atoms with Crippen LogP contribution in [0.5, 0.6) is 11.5 Å². The minimum absolute atomic E-state index is 0.506. The number of aromatic nitrogens is 2. The van der Waals surface area contributed by atoms with Gasteiger partial charge < -0.3 is 9.47 Å². The Balaban J connectivity index is 1.40. The molecule has 2 aliphatic rings. The molecule has 25 heavy (non-hydrogen) atoms. The van der Waals surface area contributed by atoms with Gasteiger partial charge in [0.1, 0.15) is 0 Å². The van der Waals surface area contributed by atoms with E-state index in [1.807, 2.05) is 17.9 Å². The molecule has 0 unspecified atom stereocenters. The Labute approximate surface area is 149 Å². The van der Waals surface area contributed by atoms with E-state index in [-0.39, 0.29) is 0 Å². The molecule has 0 amide bonds. The van der Waals surface area contributed by atoms with Crippen molar-refractivity contribution in [3.63, 3.8) is 0 Å². The van der Waals surface area contributed by atoms with E-state index < -0.39 is 0 Å². The molecule has 0 bridgehead atoms. The van der Waals surface area contributed by atoms with Gasteiger partial charge in [0, 0.05) is 25.7 Å². The highest BCUT2D eigenvalue weighted by Gasteiger charge is 2.26. The fourth-order valence-corrected chi connectivity index (χ4v) is 3.95. The van der Waals surface area contributed by atoms with Crippen LogP contribution >= 0.6 is 0 Å². The topological polar surface area (TPSA) is 39.5 Å². The predicted octanol–water partition coefficient (Wildman–Crippen LogP) is 3.35. The summed E-state index contributed by atoms with van der Waals surface area (Å²) in [6, 6.07) is 7.01. The van der Waals surface area contributed by atoms with Crippen LogP contribution in [0.25, 0.3) is 0 Å². The highest BCUT2D eigenvalue weighted by Crippen LogP contribution is 2.37. The highest BCUT2D eigenvalue weighted by molar-refractivity contribution is 5.44. The van der Waals surface area contributed by atoms with Crippen LogP contribution in [-0.2, 0) is 13.5 Å². The lowest BCUT2D eigenvalue weighted by Gasteiger charge is -2.25. The molecule has 1 fully saturated rings. The van der Waals surface area contributed by atoms with Crippen molar-refractivity contribution >= 4 is 0 Å². The summed E-state index contributed by atoms with van der Waals surface area (Å²) < 4.78 is 13.5. The molecule has 4 rings (SSSR count). The number of hydrogen-bond acceptors (Lipinski definition) is 4. The van der Waals surface area contributed by atoms with Gasteiger partial charge in [-0.05, 0) is 62.0 Å². The van der Waals surface area contributed by atoms with Crippen LogP contribution in [0.4, 0.5) is 0 Å². The van der Waals surface area contributed by atoms with E-state index >= 15 is 0 Å². The van der Waals surface area contributed by atoms with E-state index in [0.717, 1.165) is 44.1 Å². The first-order chi connectivity index (χ1) is 12.3. The van der Waals surface area contributed by atoms with Crippen molar-refractivity contribution in [3.8, 4) is 11.5 Å². The van der Waals surface area contributed by atoms with E-state index in [2.05, 4.69) is 34.4 Å². The SMILES string of the molecule is Cn1cc(CCCN2CCC[C@@H]2c2ccc3c(c2)OCCCO3)cn1. The van der Waals surface area contributed by atoms with E-state index in [4.69, 9.17) is 9.47 Å². The summed E-state index contributed by atoms with van der Waals surface area (Å²) >= 11 is 0. The maximum Gasteiger partial charge on any atom is 0.161 e. The lowest BCUT2D eigenvalue weighted by molar-refractivity contribution is 0.253. The van der Waals surface area contributed by atoms with Crippen molar-refractivity contribution in [2.75, 3.05) is 26.3 Å². The van der Waals surface area contributed by atoms with Gasteiger partial charge in [0.25, 0.3) is 0 Å². The van der Waals surface area contributed by atoms with Gasteiger partial charge in [-0.1, -0.05) is 6.07 Å². The van der Waals surface area contributed by atoms with Crippen LogP contribution in [-0.4, -0.2) is 41.0 Å². The van der Waals surface area contributed by atoms with E-state index in [1.54, 1.807) is 0 Å². The first-order valence-electron chi connectivity index (χ1n) is 9.41. The second kappa shape index (κ2) is 7.48. The van der Waals surface area contributed by atoms with Crippen LogP contribution in [0, 0.1) is 0 Å². The molecular formula is C20H27N3O2. The molecule has 2 aliphatic heterocycles. The minimum Gasteiger partial charge on any atom is -0.490 e. The van der Waals surface area contributed by atoms with E-state index in [1.165, 1.54) is 36.9 Å². The van der Waals surface area contributed by atoms with Crippen molar-refractivity contribution < 1.29 is 9.47 Å². The third-order valence-electron chi connectivity index (χ3n) is 5.19. The zero-order valence-electron chi connectivity index (χ0n) is 15.0. The summed E-state index contributed by atoms with van der Waals surface area (Å²) in [6.07, 6.45) is 9.81. The summed E-state index contributed by atoms with van der Waals surface area (Å²) in [7, 11) is 1.98. The smallest absolute Gasteiger partial charge is 0.161 e. The summed E-state index contributed by atoms with van der Waals surface area (Å²) in [5, 5.41) is 4.26. The Morgan fingerprint density at radius 3 is 2.88 bits per heavy atom. The van der Waals surface area contributed by atoms with Gasteiger partial charge in [-0.3, -0.25) is 9.58 Å². The van der Waals surface area contributed by atoms with Gasteiger partial charge in [-0.25, -0.2) is 0 Å². The fourth-order valence-electron chi connectivity index (χ4n) is 3.95. The average Bonchev–Trinajstić information content (AvgIpc) is 3.18. The quantitative estimate of drug-likeness (QED) is 0.836. The maximum absolute atomic E-state index is 5.87. The number of ether oxygens (including phenoxy) is 2. The van der Waals surface area contributed by atoms with Crippen LogP contribution in [0.15, 0.2) is 30.6 Å². The van der Waals surface area contributed by atoms with Gasteiger partial charge >= 0.3 is 0 Å². The Morgan fingerprint density at radius 2 is 2.04 bits per heavy atom. The molecule has 0 saturated carbocycles. The second-order valence-corrected chi connectivity index (χ2v) is 7.08. The minimum atomic E-state index is 0.506. The summed E-state index contributed by atoms with van der Waals surface area (Å²) in [5.41, 5.74) is 2.69. The average molecular weight is 341 g/mol. The largest absolute Gasteiger partial charge is 0.490 e. The number of rotatable bonds is 5. The molecule has 0 N–H and O–H groups in total. The number of likely N-dealkylation sites (tertiary alicyclic amines) is 1. The predicted molar refractivity (Wildman–Crippen MR) is 97.1 cm³/mol. The fraction of sp³-hybridized carbons (Fsp3) is 0.550. The monoisotopic (exact) mass is 341 g/mol. The molecule has 1 saturated heterocycles. The van der Waals surface area contributed by atoms with Crippen molar-refractivity contribution in [1.29, 1.82) is 0 Å². The number of fused-ring (bicyclic) bond motifs is 1. The Bertz CT molecular complexity index is 713. The lowest BCUT2D eigenvalue weighted by atomic mass is 10.0. The standard InChI is InChI=1S/C20H27N3O2/c1-22-15-16(14-21-22)5-2-9-23-10-3-6-18(23)17-7-8-19-20(13-17)25-12-4-11-24-19/h7-8,13-15,18H,2-6,9-12H2,1H3/t18-/m1/s1. The van der Waals surface area contributed by atoms with Crippen LogP contribution < -0.4 is 9.47 Å². The third kappa shape index (κ3) is 3.82. The van der Waals surface area contributed by atoms with Crippen molar-refractivity contribution in [2.45, 2.75) is 38.1 Å². The summed E-state index contributed by atoms with van der Waals surface area (Å²) in [6.45, 7) is 3.81. The van der Waals surface area contributed by atoms with Gasteiger partial charge in [0.2, 0.25) is 0 Å². The maximum atomic E-state index is 5.87. The molecule has 3 heterocycles. The van der Waals surface area contributed by atoms with Gasteiger partial charge in [-0.15, -0.1) is 0 Å². The van der Waals surface area contributed by atoms with Crippen molar-refractivity contribution in [2.24, 2.45) is 7.05 Å². The summed E-state index contributed by atoms with van der Waals surface area (Å²) in [4.78, 5) is 2.62. The zero-order valence-corrected chi connectivity index (χ0v) is 15.0. The van der Waals surface area contributed by atoms with Crippen LogP contribution in [0.3, 0.4) is 0 Å². The molecule has 1 aromatic carbocycles. The van der Waals surface area contributed by atoms with Crippen LogP contribution in [0.2, 0.25) is 0 Å². The Morgan fingerprint density at radius 1 is 1.16 bits per heavy atom. The molecule has 1 aromatic heterocycles. The van der Waals surface area contributed by atoms with E-state index in [0.29, 0.717) is 6.04 Å². The van der Waals surface area contributed by atoms with E-state index in [9.17, 15) is 0 Å². The molecule has 2 aromatic rings. The van der Waals surface area contributed by atoms with Gasteiger partial charge in [0.05, 0.1) is 19.4 Å².